The highest BCUT2D eigenvalue weighted by molar-refractivity contribution is 7.15. The summed E-state index contributed by atoms with van der Waals surface area (Å²) in [5.41, 5.74) is 3.21. The number of hydrogen-bond acceptors (Lipinski definition) is 5. The first-order valence-corrected chi connectivity index (χ1v) is 10.1. The fraction of sp³-hybridized carbons (Fsp3) is 0.167. The van der Waals surface area contributed by atoms with E-state index >= 15 is 0 Å². The zero-order valence-electron chi connectivity index (χ0n) is 14.1. The molecule has 26 heavy (non-hydrogen) atoms. The number of imidazole rings is 1. The number of carbonyl (C=O) groups excluding carboxylic acids is 1. The van der Waals surface area contributed by atoms with Crippen LogP contribution < -0.4 is 5.32 Å². The lowest BCUT2D eigenvalue weighted by atomic mass is 10.2. The largest absolute Gasteiger partial charge is 0.343 e. The molecular formula is C18H15ClN4OS2. The number of aromatic nitrogens is 3. The molecule has 0 saturated heterocycles. The van der Waals surface area contributed by atoms with Crippen molar-refractivity contribution in [2.24, 2.45) is 0 Å². The van der Waals surface area contributed by atoms with Gasteiger partial charge in [-0.05, 0) is 26.0 Å². The van der Waals surface area contributed by atoms with E-state index in [1.807, 2.05) is 59.5 Å². The quantitative estimate of drug-likeness (QED) is 0.524. The first-order valence-electron chi connectivity index (χ1n) is 7.96. The number of rotatable bonds is 4. The molecule has 0 saturated carbocycles. The van der Waals surface area contributed by atoms with Crippen molar-refractivity contribution in [3.63, 3.8) is 0 Å². The molecule has 1 N–H and O–H groups in total. The Kier molecular flexibility index (Phi) is 4.52. The molecule has 0 aliphatic heterocycles. The number of amides is 1. The van der Waals surface area contributed by atoms with Gasteiger partial charge < -0.3 is 5.32 Å². The van der Waals surface area contributed by atoms with Gasteiger partial charge in [0.05, 0.1) is 22.4 Å². The van der Waals surface area contributed by atoms with Gasteiger partial charge in [-0.25, -0.2) is 9.97 Å². The molecule has 1 atom stereocenters. The van der Waals surface area contributed by atoms with Crippen molar-refractivity contribution in [2.45, 2.75) is 19.9 Å². The Morgan fingerprint density at radius 2 is 1.96 bits per heavy atom. The second-order valence-corrected chi connectivity index (χ2v) is 8.23. The van der Waals surface area contributed by atoms with Crippen LogP contribution in [-0.4, -0.2) is 20.3 Å². The SMILES string of the molecule is Cc1nc(C(C)NC(=O)c2csc3nc(-c4ccc(Cl)cc4)cn23)cs1. The summed E-state index contributed by atoms with van der Waals surface area (Å²) < 4.78 is 1.82. The van der Waals surface area contributed by atoms with Gasteiger partial charge in [-0.3, -0.25) is 9.20 Å². The summed E-state index contributed by atoms with van der Waals surface area (Å²) in [4.78, 5) is 22.5. The zero-order valence-corrected chi connectivity index (χ0v) is 16.5. The number of nitrogens with one attached hydrogen (secondary N) is 1. The van der Waals surface area contributed by atoms with E-state index in [0.29, 0.717) is 10.7 Å². The molecule has 132 valence electrons. The van der Waals surface area contributed by atoms with Gasteiger partial charge >= 0.3 is 0 Å². The minimum absolute atomic E-state index is 0.144. The molecule has 4 aromatic rings. The van der Waals surface area contributed by atoms with Crippen LogP contribution in [0.25, 0.3) is 16.2 Å². The summed E-state index contributed by atoms with van der Waals surface area (Å²) in [6.45, 7) is 3.89. The summed E-state index contributed by atoms with van der Waals surface area (Å²) in [6.07, 6.45) is 1.88. The van der Waals surface area contributed by atoms with E-state index in [-0.39, 0.29) is 11.9 Å². The van der Waals surface area contributed by atoms with E-state index in [4.69, 9.17) is 11.6 Å². The summed E-state index contributed by atoms with van der Waals surface area (Å²) in [6, 6.07) is 7.34. The summed E-state index contributed by atoms with van der Waals surface area (Å²) >= 11 is 8.96. The van der Waals surface area contributed by atoms with E-state index in [1.54, 1.807) is 11.3 Å². The van der Waals surface area contributed by atoms with Crippen LogP contribution in [0, 0.1) is 6.92 Å². The highest BCUT2D eigenvalue weighted by Crippen LogP contribution is 2.25. The fourth-order valence-corrected chi connectivity index (χ4v) is 4.32. The van der Waals surface area contributed by atoms with Crippen LogP contribution in [0.15, 0.2) is 41.2 Å². The molecule has 0 aliphatic rings. The number of aryl methyl sites for hydroxylation is 1. The maximum absolute atomic E-state index is 12.7. The Bertz CT molecular complexity index is 1080. The zero-order chi connectivity index (χ0) is 18.3. The van der Waals surface area contributed by atoms with Gasteiger partial charge in [-0.2, -0.15) is 0 Å². The van der Waals surface area contributed by atoms with E-state index < -0.39 is 0 Å². The number of fused-ring (bicyclic) bond motifs is 1. The second-order valence-electron chi connectivity index (χ2n) is 5.89. The predicted octanol–water partition coefficient (Wildman–Crippen LogP) is 4.97. The third-order valence-electron chi connectivity index (χ3n) is 4.01. The van der Waals surface area contributed by atoms with E-state index in [2.05, 4.69) is 15.3 Å². The van der Waals surface area contributed by atoms with Gasteiger partial charge in [-0.1, -0.05) is 23.7 Å². The van der Waals surface area contributed by atoms with E-state index in [0.717, 1.165) is 26.9 Å². The molecule has 0 spiro atoms. The van der Waals surface area contributed by atoms with Crippen LogP contribution in [-0.2, 0) is 0 Å². The lowest BCUT2D eigenvalue weighted by molar-refractivity contribution is 0.0933. The Morgan fingerprint density at radius 3 is 2.65 bits per heavy atom. The first kappa shape index (κ1) is 17.2. The summed E-state index contributed by atoms with van der Waals surface area (Å²) in [7, 11) is 0. The third-order valence-corrected chi connectivity index (χ3v) is 5.89. The molecule has 0 fully saturated rings. The Balaban J connectivity index is 1.60. The number of carbonyl (C=O) groups is 1. The fourth-order valence-electron chi connectivity index (χ4n) is 2.63. The molecule has 0 radical (unpaired) electrons. The van der Waals surface area contributed by atoms with Crippen molar-refractivity contribution < 1.29 is 4.79 Å². The smallest absolute Gasteiger partial charge is 0.269 e. The first-order chi connectivity index (χ1) is 12.5. The summed E-state index contributed by atoms with van der Waals surface area (Å²) in [5.74, 6) is -0.144. The molecule has 3 heterocycles. The topological polar surface area (TPSA) is 59.3 Å². The monoisotopic (exact) mass is 402 g/mol. The molecule has 0 bridgehead atoms. The van der Waals surface area contributed by atoms with Gasteiger partial charge in [0, 0.05) is 27.5 Å². The number of hydrogen-bond donors (Lipinski definition) is 1. The van der Waals surface area contributed by atoms with Gasteiger partial charge in [-0.15, -0.1) is 22.7 Å². The van der Waals surface area contributed by atoms with E-state index in [9.17, 15) is 4.79 Å². The maximum Gasteiger partial charge on any atom is 0.269 e. The molecule has 5 nitrogen and oxygen atoms in total. The minimum Gasteiger partial charge on any atom is -0.343 e. The van der Waals surface area contributed by atoms with Crippen LogP contribution in [0.2, 0.25) is 5.02 Å². The number of halogens is 1. The van der Waals surface area contributed by atoms with Gasteiger partial charge in [0.2, 0.25) is 0 Å². The average Bonchev–Trinajstić information content (AvgIpc) is 3.30. The molecule has 1 unspecified atom stereocenters. The standard InChI is InChI=1S/C18H15ClN4OS2/c1-10(15-8-25-11(2)21-15)20-17(24)16-9-26-18-22-14(7-23(16)18)12-3-5-13(19)6-4-12/h3-10H,1-2H3,(H,20,24). The minimum atomic E-state index is -0.151. The predicted molar refractivity (Wildman–Crippen MR) is 106 cm³/mol. The van der Waals surface area contributed by atoms with Crippen LogP contribution in [0.4, 0.5) is 0 Å². The number of benzene rings is 1. The van der Waals surface area contributed by atoms with Crippen molar-refractivity contribution in [3.05, 3.63) is 62.6 Å². The normalized spacial score (nSPS) is 12.4. The Morgan fingerprint density at radius 1 is 1.19 bits per heavy atom. The van der Waals surface area contributed by atoms with E-state index in [1.165, 1.54) is 11.3 Å². The Hall–Kier alpha value is -2.22. The van der Waals surface area contributed by atoms with Crippen molar-refractivity contribution in [1.29, 1.82) is 0 Å². The van der Waals surface area contributed by atoms with Crippen LogP contribution in [0.3, 0.4) is 0 Å². The molecule has 1 amide bonds. The highest BCUT2D eigenvalue weighted by Gasteiger charge is 2.18. The van der Waals surface area contributed by atoms with Gasteiger partial charge in [0.25, 0.3) is 5.91 Å². The van der Waals surface area contributed by atoms with Crippen molar-refractivity contribution in [2.75, 3.05) is 0 Å². The lowest BCUT2D eigenvalue weighted by Gasteiger charge is -2.10. The van der Waals surface area contributed by atoms with Crippen LogP contribution in [0.5, 0.6) is 0 Å². The molecule has 0 aliphatic carbocycles. The van der Waals surface area contributed by atoms with Crippen LogP contribution >= 0.6 is 34.3 Å². The maximum atomic E-state index is 12.7. The van der Waals surface area contributed by atoms with Crippen LogP contribution in [0.1, 0.15) is 34.2 Å². The van der Waals surface area contributed by atoms with Crippen molar-refractivity contribution in [3.8, 4) is 11.3 Å². The molecule has 4 rings (SSSR count). The second kappa shape index (κ2) is 6.83. The Labute approximate surface area is 163 Å². The van der Waals surface area contributed by atoms with Crippen molar-refractivity contribution >= 4 is 45.1 Å². The third kappa shape index (κ3) is 3.25. The molecule has 3 aromatic heterocycles. The lowest BCUT2D eigenvalue weighted by Crippen LogP contribution is -2.27. The van der Waals surface area contributed by atoms with Gasteiger partial charge in [0.15, 0.2) is 4.96 Å². The van der Waals surface area contributed by atoms with Crippen molar-refractivity contribution in [1.82, 2.24) is 19.7 Å². The summed E-state index contributed by atoms with van der Waals surface area (Å²) in [5, 5.41) is 8.47. The molecular weight excluding hydrogens is 388 g/mol. The number of nitrogens with zero attached hydrogens (tertiary/aromatic N) is 3. The number of thiazole rings is 2. The van der Waals surface area contributed by atoms with Gasteiger partial charge in [0.1, 0.15) is 5.69 Å². The average molecular weight is 403 g/mol. The highest BCUT2D eigenvalue weighted by atomic mass is 35.5. The molecule has 8 heteroatoms. The molecule has 1 aromatic carbocycles.